The van der Waals surface area contributed by atoms with E-state index in [1.54, 1.807) is 12.1 Å². The average Bonchev–Trinajstić information content (AvgIpc) is 3.56. The zero-order valence-electron chi connectivity index (χ0n) is 21.4. The van der Waals surface area contributed by atoms with Gasteiger partial charge in [0, 0.05) is 25.6 Å². The lowest BCUT2D eigenvalue weighted by molar-refractivity contribution is -0.150. The Hall–Kier alpha value is -2.14. The first-order valence-electron chi connectivity index (χ1n) is 13.4. The molecule has 3 unspecified atom stereocenters. The van der Waals surface area contributed by atoms with Crippen molar-refractivity contribution in [3.8, 4) is 5.75 Å². The van der Waals surface area contributed by atoms with Gasteiger partial charge in [-0.1, -0.05) is 6.42 Å². The summed E-state index contributed by atoms with van der Waals surface area (Å²) < 4.78 is 44.6. The lowest BCUT2D eigenvalue weighted by Crippen LogP contribution is -2.42. The van der Waals surface area contributed by atoms with Gasteiger partial charge in [0.1, 0.15) is 5.75 Å². The Bertz CT molecular complexity index is 1090. The van der Waals surface area contributed by atoms with Gasteiger partial charge >= 0.3 is 0 Å². The van der Waals surface area contributed by atoms with Crippen molar-refractivity contribution < 1.29 is 32.5 Å². The van der Waals surface area contributed by atoms with Gasteiger partial charge in [0.2, 0.25) is 16.3 Å². The molecule has 0 aromatic heterocycles. The van der Waals surface area contributed by atoms with Crippen molar-refractivity contribution >= 4 is 15.9 Å². The minimum Gasteiger partial charge on any atom is -0.497 e. The summed E-state index contributed by atoms with van der Waals surface area (Å²) in [5.41, 5.74) is 0. The molecule has 5 atom stereocenters. The lowest BCUT2D eigenvalue weighted by atomic mass is 9.94. The van der Waals surface area contributed by atoms with Gasteiger partial charge in [0.05, 0.1) is 25.2 Å². The van der Waals surface area contributed by atoms with Crippen LogP contribution in [0.25, 0.3) is 0 Å². The van der Waals surface area contributed by atoms with Crippen LogP contribution in [0.15, 0.2) is 41.0 Å². The summed E-state index contributed by atoms with van der Waals surface area (Å²) in [6, 6.07) is 6.37. The summed E-state index contributed by atoms with van der Waals surface area (Å²) in [4.78, 5) is 13.2. The number of fused-ring (bicyclic) bond motifs is 2. The number of sulfonamides is 1. The molecular formula is C27H38N2O7S. The molecule has 0 spiro atoms. The van der Waals surface area contributed by atoms with Gasteiger partial charge in [-0.05, 0) is 86.1 Å². The van der Waals surface area contributed by atoms with E-state index in [1.165, 1.54) is 42.8 Å². The van der Waals surface area contributed by atoms with Gasteiger partial charge in [0.15, 0.2) is 5.76 Å². The van der Waals surface area contributed by atoms with E-state index in [1.807, 2.05) is 6.08 Å². The SMILES string of the molecule is COc1ccc(S(=O)(=O)N(CCO)CCO[C@@H]2C[C@H](C3CC3)C=C(C(=O)NC3CC4CCC3C4)O2)cc1. The van der Waals surface area contributed by atoms with E-state index in [4.69, 9.17) is 14.2 Å². The zero-order valence-corrected chi connectivity index (χ0v) is 22.2. The Morgan fingerprint density at radius 1 is 1.08 bits per heavy atom. The van der Waals surface area contributed by atoms with E-state index in [9.17, 15) is 18.3 Å². The van der Waals surface area contributed by atoms with Gasteiger partial charge in [0.25, 0.3) is 5.91 Å². The smallest absolute Gasteiger partial charge is 0.286 e. The molecule has 204 valence electrons. The first-order chi connectivity index (χ1) is 17.9. The van der Waals surface area contributed by atoms with Gasteiger partial charge in [-0.15, -0.1) is 0 Å². The summed E-state index contributed by atoms with van der Waals surface area (Å²) >= 11 is 0. The first-order valence-corrected chi connectivity index (χ1v) is 14.9. The number of ether oxygens (including phenoxy) is 3. The number of carbonyl (C=O) groups excluding carboxylic acids is 1. The second kappa shape index (κ2) is 11.3. The highest BCUT2D eigenvalue weighted by Gasteiger charge is 2.42. The standard InChI is InChI=1S/C27H38N2O7S/c1-34-22-6-8-23(9-7-22)37(32,33)29(10-12-30)11-13-35-26-17-21(19-4-5-19)16-25(36-26)27(31)28-24-15-18-2-3-20(24)14-18/h6-9,16,18-21,24,26,30H,2-5,10-15,17H2,1H3,(H,28,31)/t18?,20?,21-,24?,26+/m1/s1. The second-order valence-corrected chi connectivity index (χ2v) is 12.7. The molecule has 2 bridgehead atoms. The van der Waals surface area contributed by atoms with Gasteiger partial charge in [-0.25, -0.2) is 8.42 Å². The number of amides is 1. The summed E-state index contributed by atoms with van der Waals surface area (Å²) in [6.07, 6.45) is 9.00. The number of methoxy groups -OCH3 is 1. The number of rotatable bonds is 12. The molecular weight excluding hydrogens is 496 g/mol. The number of allylic oxidation sites excluding steroid dienone is 1. The van der Waals surface area contributed by atoms with E-state index in [0.717, 1.165) is 25.2 Å². The van der Waals surface area contributed by atoms with E-state index < -0.39 is 16.3 Å². The van der Waals surface area contributed by atoms with Crippen molar-refractivity contribution in [3.63, 3.8) is 0 Å². The van der Waals surface area contributed by atoms with Gasteiger partial charge in [-0.2, -0.15) is 4.31 Å². The molecule has 3 aliphatic carbocycles. The molecule has 1 aromatic carbocycles. The minimum atomic E-state index is -3.83. The molecule has 10 heteroatoms. The number of aliphatic hydroxyl groups excluding tert-OH is 1. The van der Waals surface area contributed by atoms with Crippen LogP contribution >= 0.6 is 0 Å². The topological polar surface area (TPSA) is 114 Å². The quantitative estimate of drug-likeness (QED) is 0.424. The van der Waals surface area contributed by atoms with Crippen LogP contribution in [0.5, 0.6) is 5.75 Å². The molecule has 0 radical (unpaired) electrons. The molecule has 2 N–H and O–H groups in total. The van der Waals surface area contributed by atoms with E-state index >= 15 is 0 Å². The highest BCUT2D eigenvalue weighted by atomic mass is 32.2. The third-order valence-corrected chi connectivity index (χ3v) is 10.2. The van der Waals surface area contributed by atoms with Crippen LogP contribution in [0.3, 0.4) is 0 Å². The van der Waals surface area contributed by atoms with Crippen LogP contribution in [0.1, 0.15) is 44.9 Å². The molecule has 1 aromatic rings. The van der Waals surface area contributed by atoms with Crippen molar-refractivity contribution in [1.29, 1.82) is 0 Å². The molecule has 1 aliphatic heterocycles. The Morgan fingerprint density at radius 3 is 2.46 bits per heavy atom. The number of carbonyl (C=O) groups is 1. The number of benzene rings is 1. The average molecular weight is 535 g/mol. The second-order valence-electron chi connectivity index (χ2n) is 10.7. The third-order valence-electron chi connectivity index (χ3n) is 8.29. The highest BCUT2D eigenvalue weighted by Crippen LogP contribution is 2.45. The predicted octanol–water partition coefficient (Wildman–Crippen LogP) is 2.66. The lowest BCUT2D eigenvalue weighted by Gasteiger charge is -2.31. The summed E-state index contributed by atoms with van der Waals surface area (Å²) in [6.45, 7) is -0.224. The van der Waals surface area contributed by atoms with E-state index in [2.05, 4.69) is 5.32 Å². The molecule has 1 amide bonds. The molecule has 0 saturated heterocycles. The maximum absolute atomic E-state index is 13.1. The predicted molar refractivity (Wildman–Crippen MR) is 136 cm³/mol. The van der Waals surface area contributed by atoms with Crippen molar-refractivity contribution in [1.82, 2.24) is 9.62 Å². The number of hydrogen-bond donors (Lipinski definition) is 2. The third kappa shape index (κ3) is 6.13. The van der Waals surface area contributed by atoms with Crippen LogP contribution in [-0.4, -0.2) is 69.5 Å². The summed E-state index contributed by atoms with van der Waals surface area (Å²) in [5, 5.41) is 12.7. The van der Waals surface area contributed by atoms with Gasteiger partial charge < -0.3 is 24.6 Å². The van der Waals surface area contributed by atoms with E-state index in [0.29, 0.717) is 29.8 Å². The van der Waals surface area contributed by atoms with Crippen molar-refractivity contribution in [2.45, 2.75) is 62.2 Å². The van der Waals surface area contributed by atoms with Crippen LogP contribution < -0.4 is 10.1 Å². The fourth-order valence-electron chi connectivity index (χ4n) is 6.11. The van der Waals surface area contributed by atoms with E-state index in [-0.39, 0.29) is 49.1 Å². The molecule has 3 saturated carbocycles. The Kier molecular flexibility index (Phi) is 8.09. The van der Waals surface area contributed by atoms with Crippen molar-refractivity contribution in [2.24, 2.45) is 23.7 Å². The summed E-state index contributed by atoms with van der Waals surface area (Å²) in [7, 11) is -2.31. The molecule has 1 heterocycles. The number of nitrogens with one attached hydrogen (secondary N) is 1. The van der Waals surface area contributed by atoms with Crippen molar-refractivity contribution in [2.75, 3.05) is 33.4 Å². The highest BCUT2D eigenvalue weighted by molar-refractivity contribution is 7.89. The van der Waals surface area contributed by atoms with Crippen LogP contribution in [0.4, 0.5) is 0 Å². The molecule has 37 heavy (non-hydrogen) atoms. The van der Waals surface area contributed by atoms with Crippen LogP contribution in [0.2, 0.25) is 0 Å². The minimum absolute atomic E-state index is 0.0505. The fourth-order valence-corrected chi connectivity index (χ4v) is 7.52. The zero-order chi connectivity index (χ0) is 26.0. The molecule has 5 rings (SSSR count). The monoisotopic (exact) mass is 534 g/mol. The number of nitrogens with zero attached hydrogens (tertiary/aromatic N) is 1. The van der Waals surface area contributed by atoms with Crippen molar-refractivity contribution in [3.05, 3.63) is 36.1 Å². The first kappa shape index (κ1) is 26.5. The molecule has 4 aliphatic rings. The molecule has 3 fully saturated rings. The number of aliphatic hydroxyl groups is 1. The Morgan fingerprint density at radius 2 is 1.84 bits per heavy atom. The maximum atomic E-state index is 13.1. The Balaban J connectivity index is 1.18. The molecule has 9 nitrogen and oxygen atoms in total. The normalized spacial score (nSPS) is 29.2. The number of hydrogen-bond acceptors (Lipinski definition) is 7. The maximum Gasteiger partial charge on any atom is 0.286 e. The fraction of sp³-hybridized carbons (Fsp3) is 0.667. The van der Waals surface area contributed by atoms with Crippen LogP contribution in [0, 0.1) is 23.7 Å². The van der Waals surface area contributed by atoms with Crippen LogP contribution in [-0.2, 0) is 24.3 Å². The largest absolute Gasteiger partial charge is 0.497 e. The van der Waals surface area contributed by atoms with Gasteiger partial charge in [-0.3, -0.25) is 4.79 Å². The summed E-state index contributed by atoms with van der Waals surface area (Å²) in [5.74, 6) is 2.80. The Labute approximate surface area is 219 Å².